The van der Waals surface area contributed by atoms with Gasteiger partial charge in [-0.25, -0.2) is 14.8 Å². The molecule has 1 fully saturated rings. The summed E-state index contributed by atoms with van der Waals surface area (Å²) in [5.41, 5.74) is 2.29. The number of amides is 2. The molecule has 0 saturated carbocycles. The van der Waals surface area contributed by atoms with Crippen LogP contribution < -0.4 is 5.01 Å². The summed E-state index contributed by atoms with van der Waals surface area (Å²) in [7, 11) is 1.67. The molecule has 116 valence electrons. The third kappa shape index (κ3) is 2.01. The third-order valence-electron chi connectivity index (χ3n) is 4.31. The summed E-state index contributed by atoms with van der Waals surface area (Å²) in [6.45, 7) is 1.93. The number of carbonyl (C=O) groups excluding carboxylic acids is 1. The topological polar surface area (TPSA) is 36.0 Å². The van der Waals surface area contributed by atoms with E-state index in [-0.39, 0.29) is 6.03 Å². The standard InChI is InChI=1S/C16H19N3O2S/c1-21-11-10-18-16(20)17-9-5-4-7-13(17)15-19(18)12-6-2-3-8-14(12)22-15/h2-3,6,8H,4-5,7,9-11H2,1H3. The third-order valence-corrected chi connectivity index (χ3v) is 5.48. The number of methoxy groups -OCH3 is 1. The van der Waals surface area contributed by atoms with Gasteiger partial charge in [-0.15, -0.1) is 0 Å². The molecule has 2 amide bonds. The normalized spacial score (nSPS) is 20.2. The summed E-state index contributed by atoms with van der Waals surface area (Å²) in [6.07, 6.45) is 3.22. The molecule has 0 N–H and O–H groups in total. The Hall–Kier alpha value is -1.66. The van der Waals surface area contributed by atoms with Crippen molar-refractivity contribution in [3.8, 4) is 0 Å². The summed E-state index contributed by atoms with van der Waals surface area (Å²) in [5.74, 6) is 0. The van der Waals surface area contributed by atoms with Gasteiger partial charge in [0.15, 0.2) is 0 Å². The van der Waals surface area contributed by atoms with Gasteiger partial charge in [-0.2, -0.15) is 0 Å². The minimum Gasteiger partial charge on any atom is -0.383 e. The lowest BCUT2D eigenvalue weighted by atomic mass is 10.1. The molecule has 6 heteroatoms. The number of allylic oxidation sites excluding steroid dienone is 1. The molecule has 1 saturated heterocycles. The molecule has 3 aliphatic heterocycles. The number of benzene rings is 1. The first-order chi connectivity index (χ1) is 10.8. The number of rotatable bonds is 3. The average Bonchev–Trinajstić information content (AvgIpc) is 2.95. The van der Waals surface area contributed by atoms with Crippen LogP contribution in [0.3, 0.4) is 0 Å². The van der Waals surface area contributed by atoms with Gasteiger partial charge >= 0.3 is 6.03 Å². The Balaban J connectivity index is 1.81. The van der Waals surface area contributed by atoms with Gasteiger partial charge in [0.2, 0.25) is 0 Å². The largest absolute Gasteiger partial charge is 0.383 e. The number of anilines is 1. The summed E-state index contributed by atoms with van der Waals surface area (Å²) in [6, 6.07) is 8.36. The van der Waals surface area contributed by atoms with E-state index in [0.717, 1.165) is 31.5 Å². The highest BCUT2D eigenvalue weighted by Gasteiger charge is 2.43. The van der Waals surface area contributed by atoms with Crippen molar-refractivity contribution in [1.29, 1.82) is 0 Å². The molecule has 22 heavy (non-hydrogen) atoms. The predicted octanol–water partition coefficient (Wildman–Crippen LogP) is 3.25. The molecule has 0 atom stereocenters. The Bertz CT molecular complexity index is 646. The Labute approximate surface area is 134 Å². The molecule has 0 unspecified atom stereocenters. The summed E-state index contributed by atoms with van der Waals surface area (Å²) >= 11 is 1.77. The number of hydrogen-bond donors (Lipinski definition) is 0. The molecule has 5 nitrogen and oxygen atoms in total. The Kier molecular flexibility index (Phi) is 3.50. The number of hydrogen-bond acceptors (Lipinski definition) is 4. The van der Waals surface area contributed by atoms with E-state index in [1.807, 2.05) is 16.0 Å². The second kappa shape index (κ2) is 5.52. The molecule has 0 aromatic heterocycles. The Morgan fingerprint density at radius 2 is 2.14 bits per heavy atom. The van der Waals surface area contributed by atoms with Gasteiger partial charge in [-0.3, -0.25) is 4.90 Å². The number of ether oxygens (including phenoxy) is 1. The molecule has 3 heterocycles. The van der Waals surface area contributed by atoms with E-state index >= 15 is 0 Å². The molecule has 4 rings (SSSR count). The molecule has 3 aliphatic rings. The van der Waals surface area contributed by atoms with E-state index in [2.05, 4.69) is 23.2 Å². The van der Waals surface area contributed by atoms with Crippen LogP contribution in [0.1, 0.15) is 19.3 Å². The quantitative estimate of drug-likeness (QED) is 0.857. The van der Waals surface area contributed by atoms with Gasteiger partial charge in [0.05, 0.1) is 24.5 Å². The second-order valence-corrected chi connectivity index (χ2v) is 6.67. The second-order valence-electron chi connectivity index (χ2n) is 5.64. The van der Waals surface area contributed by atoms with Crippen LogP contribution in [0.25, 0.3) is 0 Å². The van der Waals surface area contributed by atoms with Gasteiger partial charge in [0, 0.05) is 18.6 Å². The lowest BCUT2D eigenvalue weighted by molar-refractivity contribution is 0.119. The minimum absolute atomic E-state index is 0.0767. The van der Waals surface area contributed by atoms with Crippen LogP contribution >= 0.6 is 11.8 Å². The first kappa shape index (κ1) is 14.0. The lowest BCUT2D eigenvalue weighted by Crippen LogP contribution is -2.57. The van der Waals surface area contributed by atoms with Crippen molar-refractivity contribution < 1.29 is 9.53 Å². The van der Waals surface area contributed by atoms with E-state index in [1.165, 1.54) is 15.6 Å². The van der Waals surface area contributed by atoms with Gasteiger partial charge < -0.3 is 4.74 Å². The first-order valence-corrected chi connectivity index (χ1v) is 8.51. The van der Waals surface area contributed by atoms with Crippen LogP contribution in [0.2, 0.25) is 0 Å². The molecule has 0 aliphatic carbocycles. The molecule has 0 bridgehead atoms. The zero-order valence-corrected chi connectivity index (χ0v) is 13.4. The number of hydrazine groups is 1. The molecule has 1 aromatic carbocycles. The van der Waals surface area contributed by atoms with Gasteiger partial charge in [-0.05, 0) is 31.4 Å². The zero-order valence-electron chi connectivity index (χ0n) is 12.6. The molecule has 0 spiro atoms. The predicted molar refractivity (Wildman–Crippen MR) is 86.3 cm³/mol. The van der Waals surface area contributed by atoms with E-state index in [9.17, 15) is 4.79 Å². The molecule has 1 aromatic rings. The summed E-state index contributed by atoms with van der Waals surface area (Å²) in [4.78, 5) is 16.1. The van der Waals surface area contributed by atoms with Crippen molar-refractivity contribution >= 4 is 23.5 Å². The van der Waals surface area contributed by atoms with E-state index < -0.39 is 0 Å². The van der Waals surface area contributed by atoms with Crippen molar-refractivity contribution in [3.05, 3.63) is 35.0 Å². The highest BCUT2D eigenvalue weighted by atomic mass is 32.2. The van der Waals surface area contributed by atoms with Gasteiger partial charge in [-0.1, -0.05) is 23.9 Å². The monoisotopic (exact) mass is 317 g/mol. The zero-order chi connectivity index (χ0) is 15.1. The van der Waals surface area contributed by atoms with Gasteiger partial charge in [0.1, 0.15) is 5.03 Å². The fourth-order valence-electron chi connectivity index (χ4n) is 3.26. The van der Waals surface area contributed by atoms with Crippen molar-refractivity contribution in [2.24, 2.45) is 0 Å². The van der Waals surface area contributed by atoms with Crippen LogP contribution in [-0.2, 0) is 4.74 Å². The number of nitrogens with zero attached hydrogens (tertiary/aromatic N) is 3. The van der Waals surface area contributed by atoms with E-state index in [4.69, 9.17) is 4.74 Å². The molecular formula is C16H19N3O2S. The fourth-order valence-corrected chi connectivity index (χ4v) is 4.49. The van der Waals surface area contributed by atoms with Crippen molar-refractivity contribution in [2.45, 2.75) is 24.2 Å². The number of para-hydroxylation sites is 1. The number of urea groups is 1. The molecule has 0 radical (unpaired) electrons. The lowest BCUT2D eigenvalue weighted by Gasteiger charge is -2.45. The highest BCUT2D eigenvalue weighted by Crippen LogP contribution is 2.51. The number of carbonyl (C=O) groups is 1. The SMILES string of the molecule is COCCN1C(=O)N2CCCCC2=C2Sc3ccccc3N21. The van der Waals surface area contributed by atoms with Crippen molar-refractivity contribution in [3.63, 3.8) is 0 Å². The summed E-state index contributed by atoms with van der Waals surface area (Å²) < 4.78 is 5.20. The van der Waals surface area contributed by atoms with Crippen LogP contribution in [0, 0.1) is 0 Å². The van der Waals surface area contributed by atoms with E-state index in [0.29, 0.717) is 13.2 Å². The Morgan fingerprint density at radius 3 is 3.00 bits per heavy atom. The van der Waals surface area contributed by atoms with Crippen LogP contribution in [0.15, 0.2) is 39.9 Å². The van der Waals surface area contributed by atoms with Gasteiger partial charge in [0.25, 0.3) is 0 Å². The smallest absolute Gasteiger partial charge is 0.343 e. The maximum Gasteiger partial charge on any atom is 0.343 e. The number of fused-ring (bicyclic) bond motifs is 4. The van der Waals surface area contributed by atoms with Crippen LogP contribution in [0.5, 0.6) is 0 Å². The van der Waals surface area contributed by atoms with Crippen molar-refractivity contribution in [2.75, 3.05) is 31.8 Å². The minimum atomic E-state index is 0.0767. The maximum atomic E-state index is 12.9. The maximum absolute atomic E-state index is 12.9. The fraction of sp³-hybridized carbons (Fsp3) is 0.438. The average molecular weight is 317 g/mol. The first-order valence-electron chi connectivity index (χ1n) is 7.69. The number of thioether (sulfide) groups is 1. The summed E-state index contributed by atoms with van der Waals surface area (Å²) in [5, 5.41) is 5.11. The van der Waals surface area contributed by atoms with Crippen molar-refractivity contribution in [1.82, 2.24) is 9.91 Å². The van der Waals surface area contributed by atoms with E-state index in [1.54, 1.807) is 18.9 Å². The number of piperidine rings is 1. The van der Waals surface area contributed by atoms with Crippen LogP contribution in [-0.4, -0.2) is 42.7 Å². The van der Waals surface area contributed by atoms with Crippen LogP contribution in [0.4, 0.5) is 10.5 Å². The highest BCUT2D eigenvalue weighted by molar-refractivity contribution is 8.03. The molecular weight excluding hydrogens is 298 g/mol. The Morgan fingerprint density at radius 1 is 1.27 bits per heavy atom.